The molecule has 0 aromatic heterocycles. The SMILES string of the molecule is COCCN(CCO)CCCC(C)(C)CN. The highest BCUT2D eigenvalue weighted by Crippen LogP contribution is 2.20. The maximum Gasteiger partial charge on any atom is 0.0589 e. The first kappa shape index (κ1) is 15.8. The van der Waals surface area contributed by atoms with E-state index in [1.54, 1.807) is 7.11 Å². The predicted molar refractivity (Wildman–Crippen MR) is 67.5 cm³/mol. The van der Waals surface area contributed by atoms with Crippen LogP contribution in [0.2, 0.25) is 0 Å². The van der Waals surface area contributed by atoms with Gasteiger partial charge in [-0.3, -0.25) is 4.90 Å². The Kier molecular flexibility index (Phi) is 8.84. The van der Waals surface area contributed by atoms with Gasteiger partial charge >= 0.3 is 0 Å². The van der Waals surface area contributed by atoms with E-state index in [2.05, 4.69) is 18.7 Å². The fourth-order valence-electron chi connectivity index (χ4n) is 1.58. The van der Waals surface area contributed by atoms with Crippen LogP contribution < -0.4 is 5.73 Å². The number of methoxy groups -OCH3 is 1. The topological polar surface area (TPSA) is 58.7 Å². The van der Waals surface area contributed by atoms with E-state index >= 15 is 0 Å². The largest absolute Gasteiger partial charge is 0.395 e. The number of aliphatic hydroxyl groups is 1. The van der Waals surface area contributed by atoms with Gasteiger partial charge in [-0.15, -0.1) is 0 Å². The first-order chi connectivity index (χ1) is 7.55. The molecule has 98 valence electrons. The van der Waals surface area contributed by atoms with E-state index in [0.29, 0.717) is 0 Å². The van der Waals surface area contributed by atoms with Crippen LogP contribution in [0.5, 0.6) is 0 Å². The normalized spacial score (nSPS) is 12.4. The second kappa shape index (κ2) is 8.93. The average Bonchev–Trinajstić information content (AvgIpc) is 2.25. The van der Waals surface area contributed by atoms with Crippen molar-refractivity contribution in [1.29, 1.82) is 0 Å². The van der Waals surface area contributed by atoms with Crippen molar-refractivity contribution in [1.82, 2.24) is 4.90 Å². The number of ether oxygens (including phenoxy) is 1. The van der Waals surface area contributed by atoms with Crippen molar-refractivity contribution in [3.8, 4) is 0 Å². The van der Waals surface area contributed by atoms with Gasteiger partial charge in [0.15, 0.2) is 0 Å². The molecule has 0 rings (SSSR count). The number of hydrogen-bond donors (Lipinski definition) is 2. The molecule has 0 aromatic carbocycles. The van der Waals surface area contributed by atoms with E-state index in [9.17, 15) is 0 Å². The first-order valence-electron chi connectivity index (χ1n) is 6.08. The second-order valence-corrected chi connectivity index (χ2v) is 5.03. The minimum atomic E-state index is 0.212. The molecule has 4 heteroatoms. The summed E-state index contributed by atoms with van der Waals surface area (Å²) in [5.41, 5.74) is 5.92. The molecular weight excluding hydrogens is 204 g/mol. The van der Waals surface area contributed by atoms with Crippen molar-refractivity contribution in [3.63, 3.8) is 0 Å². The number of aliphatic hydroxyl groups excluding tert-OH is 1. The number of nitrogens with zero attached hydrogens (tertiary/aromatic N) is 1. The molecule has 0 saturated heterocycles. The first-order valence-corrected chi connectivity index (χ1v) is 6.08. The van der Waals surface area contributed by atoms with Gasteiger partial charge in [-0.25, -0.2) is 0 Å². The molecule has 0 radical (unpaired) electrons. The van der Waals surface area contributed by atoms with Crippen LogP contribution in [0.1, 0.15) is 26.7 Å². The summed E-state index contributed by atoms with van der Waals surface area (Å²) in [7, 11) is 1.70. The summed E-state index contributed by atoms with van der Waals surface area (Å²) >= 11 is 0. The van der Waals surface area contributed by atoms with Crippen molar-refractivity contribution in [3.05, 3.63) is 0 Å². The minimum absolute atomic E-state index is 0.212. The van der Waals surface area contributed by atoms with Crippen LogP contribution in [0.3, 0.4) is 0 Å². The number of rotatable bonds is 10. The summed E-state index contributed by atoms with van der Waals surface area (Å²) in [6.45, 7) is 8.67. The maximum atomic E-state index is 8.94. The summed E-state index contributed by atoms with van der Waals surface area (Å²) in [5.74, 6) is 0. The predicted octanol–water partition coefficient (Wildman–Crippen LogP) is 0.692. The molecule has 16 heavy (non-hydrogen) atoms. The van der Waals surface area contributed by atoms with E-state index < -0.39 is 0 Å². The molecule has 0 aliphatic heterocycles. The van der Waals surface area contributed by atoms with Gasteiger partial charge in [0.05, 0.1) is 13.2 Å². The zero-order chi connectivity index (χ0) is 12.4. The Hall–Kier alpha value is -0.160. The Morgan fingerprint density at radius 2 is 1.94 bits per heavy atom. The van der Waals surface area contributed by atoms with Crippen molar-refractivity contribution < 1.29 is 9.84 Å². The minimum Gasteiger partial charge on any atom is -0.395 e. The van der Waals surface area contributed by atoms with E-state index in [-0.39, 0.29) is 12.0 Å². The summed E-state index contributed by atoms with van der Waals surface area (Å²) < 4.78 is 5.04. The van der Waals surface area contributed by atoms with Crippen LogP contribution in [0.15, 0.2) is 0 Å². The Bertz CT molecular complexity index is 163. The van der Waals surface area contributed by atoms with Crippen LogP contribution in [0, 0.1) is 5.41 Å². The van der Waals surface area contributed by atoms with Gasteiger partial charge in [-0.1, -0.05) is 13.8 Å². The van der Waals surface area contributed by atoms with Gasteiger partial charge in [0.1, 0.15) is 0 Å². The molecule has 0 amide bonds. The summed E-state index contributed by atoms with van der Waals surface area (Å²) in [5, 5.41) is 8.94. The third-order valence-corrected chi connectivity index (χ3v) is 2.91. The second-order valence-electron chi connectivity index (χ2n) is 5.03. The van der Waals surface area contributed by atoms with Crippen molar-refractivity contribution in [2.45, 2.75) is 26.7 Å². The van der Waals surface area contributed by atoms with Crippen LogP contribution >= 0.6 is 0 Å². The summed E-state index contributed by atoms with van der Waals surface area (Å²) in [4.78, 5) is 2.23. The molecule has 0 aliphatic rings. The molecule has 4 nitrogen and oxygen atoms in total. The lowest BCUT2D eigenvalue weighted by Crippen LogP contribution is -2.32. The van der Waals surface area contributed by atoms with Gasteiger partial charge in [0, 0.05) is 20.2 Å². The molecule has 3 N–H and O–H groups in total. The van der Waals surface area contributed by atoms with Crippen LogP contribution in [0.25, 0.3) is 0 Å². The van der Waals surface area contributed by atoms with Crippen LogP contribution in [-0.4, -0.2) is 56.5 Å². The fourth-order valence-corrected chi connectivity index (χ4v) is 1.58. The van der Waals surface area contributed by atoms with Crippen molar-refractivity contribution in [2.75, 3.05) is 46.5 Å². The molecule has 0 spiro atoms. The van der Waals surface area contributed by atoms with Crippen molar-refractivity contribution >= 4 is 0 Å². The van der Waals surface area contributed by atoms with E-state index in [1.807, 2.05) is 0 Å². The van der Waals surface area contributed by atoms with E-state index in [4.69, 9.17) is 15.6 Å². The highest BCUT2D eigenvalue weighted by Gasteiger charge is 2.15. The Labute approximate surface area is 99.8 Å². The average molecular weight is 232 g/mol. The molecule has 0 heterocycles. The zero-order valence-electron chi connectivity index (χ0n) is 11.0. The molecule has 0 fully saturated rings. The molecule has 0 unspecified atom stereocenters. The van der Waals surface area contributed by atoms with Crippen LogP contribution in [0.4, 0.5) is 0 Å². The number of hydrogen-bond acceptors (Lipinski definition) is 4. The smallest absolute Gasteiger partial charge is 0.0589 e. The molecule has 0 atom stereocenters. The lowest BCUT2D eigenvalue weighted by Gasteiger charge is -2.25. The monoisotopic (exact) mass is 232 g/mol. The molecule has 0 aromatic rings. The zero-order valence-corrected chi connectivity index (χ0v) is 11.0. The quantitative estimate of drug-likeness (QED) is 0.582. The van der Waals surface area contributed by atoms with Gasteiger partial charge in [0.2, 0.25) is 0 Å². The third-order valence-electron chi connectivity index (χ3n) is 2.91. The fraction of sp³-hybridized carbons (Fsp3) is 1.00. The lowest BCUT2D eigenvalue weighted by molar-refractivity contribution is 0.127. The van der Waals surface area contributed by atoms with Gasteiger partial charge in [0.25, 0.3) is 0 Å². The Balaban J connectivity index is 3.74. The lowest BCUT2D eigenvalue weighted by atomic mass is 9.88. The van der Waals surface area contributed by atoms with Gasteiger partial charge < -0.3 is 15.6 Å². The van der Waals surface area contributed by atoms with Crippen molar-refractivity contribution in [2.24, 2.45) is 11.1 Å². The third kappa shape index (κ3) is 8.05. The Morgan fingerprint density at radius 1 is 1.25 bits per heavy atom. The summed E-state index contributed by atoms with van der Waals surface area (Å²) in [6.07, 6.45) is 2.24. The van der Waals surface area contributed by atoms with Gasteiger partial charge in [-0.2, -0.15) is 0 Å². The highest BCUT2D eigenvalue weighted by molar-refractivity contribution is 4.70. The molecular formula is C12H28N2O2. The standard InChI is InChI=1S/C12H28N2O2/c1-12(2,11-13)5-4-6-14(7-9-15)8-10-16-3/h15H,4-11,13H2,1-3H3. The van der Waals surface area contributed by atoms with Crippen LogP contribution in [-0.2, 0) is 4.74 Å². The van der Waals surface area contributed by atoms with E-state index in [0.717, 1.165) is 45.6 Å². The Morgan fingerprint density at radius 3 is 2.44 bits per heavy atom. The summed E-state index contributed by atoms with van der Waals surface area (Å²) in [6, 6.07) is 0. The molecule has 0 aliphatic carbocycles. The highest BCUT2D eigenvalue weighted by atomic mass is 16.5. The maximum absolute atomic E-state index is 8.94. The van der Waals surface area contributed by atoms with E-state index in [1.165, 1.54) is 0 Å². The molecule has 0 saturated carbocycles. The number of nitrogens with two attached hydrogens (primary N) is 1. The van der Waals surface area contributed by atoms with Gasteiger partial charge in [-0.05, 0) is 31.3 Å². The molecule has 0 bridgehead atoms.